The zero-order valence-corrected chi connectivity index (χ0v) is 14.5. The predicted octanol–water partition coefficient (Wildman–Crippen LogP) is 2.57. The average Bonchev–Trinajstić information content (AvgIpc) is 3.20. The molecule has 2 amide bonds. The van der Waals surface area contributed by atoms with Crippen molar-refractivity contribution in [3.05, 3.63) is 77.4 Å². The fraction of sp³-hybridized carbons (Fsp3) is 0.158. The van der Waals surface area contributed by atoms with Gasteiger partial charge in [-0.05, 0) is 17.7 Å². The van der Waals surface area contributed by atoms with E-state index in [1.54, 1.807) is 12.3 Å². The average molecular weight is 349 g/mol. The van der Waals surface area contributed by atoms with E-state index in [9.17, 15) is 9.59 Å². The molecule has 7 nitrogen and oxygen atoms in total. The van der Waals surface area contributed by atoms with Gasteiger partial charge >= 0.3 is 0 Å². The number of carbonyl (C=O) groups excluding carboxylic acids is 2. The Kier molecular flexibility index (Phi) is 5.07. The lowest BCUT2D eigenvalue weighted by Crippen LogP contribution is -2.22. The number of amides is 2. The van der Waals surface area contributed by atoms with Crippen molar-refractivity contribution < 1.29 is 9.59 Å². The van der Waals surface area contributed by atoms with E-state index in [-0.39, 0.29) is 23.4 Å². The molecule has 0 bridgehead atoms. The number of hydrogen-bond acceptors (Lipinski definition) is 4. The molecule has 7 heteroatoms. The first-order valence-corrected chi connectivity index (χ1v) is 8.17. The van der Waals surface area contributed by atoms with Gasteiger partial charge in [0.15, 0.2) is 0 Å². The van der Waals surface area contributed by atoms with Gasteiger partial charge in [-0.25, -0.2) is 4.98 Å². The first-order valence-electron chi connectivity index (χ1n) is 8.17. The molecule has 0 radical (unpaired) electrons. The second-order valence-electron chi connectivity index (χ2n) is 5.82. The summed E-state index contributed by atoms with van der Waals surface area (Å²) in [6, 6.07) is 13.0. The molecule has 0 aliphatic carbocycles. The summed E-state index contributed by atoms with van der Waals surface area (Å²) in [6.45, 7) is 1.99. The lowest BCUT2D eigenvalue weighted by Gasteiger charge is -2.14. The second-order valence-corrected chi connectivity index (χ2v) is 5.82. The van der Waals surface area contributed by atoms with Crippen LogP contribution in [0.3, 0.4) is 0 Å². The highest BCUT2D eigenvalue weighted by Crippen LogP contribution is 2.24. The molecule has 2 heterocycles. The number of aromatic amines is 1. The number of H-pyrrole nitrogens is 1. The van der Waals surface area contributed by atoms with Crippen molar-refractivity contribution in [2.45, 2.75) is 12.8 Å². The van der Waals surface area contributed by atoms with E-state index >= 15 is 0 Å². The minimum Gasteiger partial charge on any atom is -0.354 e. The standard InChI is InChI=1S/C19H19N5O2/c1-12(13-6-4-3-5-7-13)16-8-14(9-17(24-16)19(26)20-2)18(25)23-15-10-21-22-11-15/h3-12H,1-2H3,(H,20,26)(H,21,22)(H,23,25)/t12-/m0/s1. The van der Waals surface area contributed by atoms with Gasteiger partial charge < -0.3 is 10.6 Å². The number of pyridine rings is 1. The van der Waals surface area contributed by atoms with Gasteiger partial charge in [-0.3, -0.25) is 14.7 Å². The van der Waals surface area contributed by atoms with Crippen molar-refractivity contribution in [2.75, 3.05) is 12.4 Å². The van der Waals surface area contributed by atoms with Crippen LogP contribution in [0.15, 0.2) is 54.9 Å². The largest absolute Gasteiger partial charge is 0.354 e. The van der Waals surface area contributed by atoms with Crippen LogP contribution in [0.4, 0.5) is 5.69 Å². The lowest BCUT2D eigenvalue weighted by atomic mass is 9.96. The minimum absolute atomic E-state index is 0.0683. The van der Waals surface area contributed by atoms with Crippen molar-refractivity contribution in [1.29, 1.82) is 0 Å². The maximum absolute atomic E-state index is 12.6. The van der Waals surface area contributed by atoms with Crippen LogP contribution in [0.1, 0.15) is 44.9 Å². The monoisotopic (exact) mass is 349 g/mol. The summed E-state index contributed by atoms with van der Waals surface area (Å²) in [5, 5.41) is 11.7. The zero-order chi connectivity index (χ0) is 18.5. The van der Waals surface area contributed by atoms with Crippen LogP contribution in [0, 0.1) is 0 Å². The van der Waals surface area contributed by atoms with Crippen LogP contribution in [0.2, 0.25) is 0 Å². The normalized spacial score (nSPS) is 11.6. The molecule has 0 aliphatic rings. The fourth-order valence-electron chi connectivity index (χ4n) is 2.58. The fourth-order valence-corrected chi connectivity index (χ4v) is 2.58. The zero-order valence-electron chi connectivity index (χ0n) is 14.5. The minimum atomic E-state index is -0.343. The van der Waals surface area contributed by atoms with Crippen LogP contribution < -0.4 is 10.6 Å². The first-order chi connectivity index (χ1) is 12.6. The molecule has 0 saturated heterocycles. The topological polar surface area (TPSA) is 99.8 Å². The van der Waals surface area contributed by atoms with Crippen LogP contribution in [-0.2, 0) is 0 Å². The van der Waals surface area contributed by atoms with Crippen molar-refractivity contribution in [3.63, 3.8) is 0 Å². The molecule has 0 unspecified atom stereocenters. The van der Waals surface area contributed by atoms with E-state index in [1.165, 1.54) is 19.3 Å². The van der Waals surface area contributed by atoms with Gasteiger partial charge in [0, 0.05) is 30.4 Å². The molecule has 3 rings (SSSR count). The number of aromatic nitrogens is 3. The van der Waals surface area contributed by atoms with Gasteiger partial charge in [0.1, 0.15) is 5.69 Å². The molecule has 132 valence electrons. The lowest BCUT2D eigenvalue weighted by molar-refractivity contribution is 0.0958. The van der Waals surface area contributed by atoms with E-state index < -0.39 is 0 Å². The summed E-state index contributed by atoms with van der Waals surface area (Å²) < 4.78 is 0. The molecule has 0 aliphatic heterocycles. The summed E-state index contributed by atoms with van der Waals surface area (Å²) in [5.41, 5.74) is 2.80. The maximum Gasteiger partial charge on any atom is 0.269 e. The third-order valence-corrected chi connectivity index (χ3v) is 4.07. The summed E-state index contributed by atoms with van der Waals surface area (Å²) in [5.74, 6) is -0.744. The van der Waals surface area contributed by atoms with E-state index in [1.807, 2.05) is 37.3 Å². The number of benzene rings is 1. The highest BCUT2D eigenvalue weighted by atomic mass is 16.2. The van der Waals surface area contributed by atoms with Crippen molar-refractivity contribution in [3.8, 4) is 0 Å². The molecule has 0 spiro atoms. The molecule has 3 N–H and O–H groups in total. The molecule has 0 saturated carbocycles. The highest BCUT2D eigenvalue weighted by Gasteiger charge is 2.18. The number of carbonyl (C=O) groups is 2. The number of nitrogens with one attached hydrogen (secondary N) is 3. The van der Waals surface area contributed by atoms with Gasteiger partial charge in [0.2, 0.25) is 0 Å². The third-order valence-electron chi connectivity index (χ3n) is 4.07. The SMILES string of the molecule is CNC(=O)c1cc(C(=O)Nc2cn[nH]c2)cc([C@@H](C)c2ccccc2)n1. The van der Waals surface area contributed by atoms with Crippen molar-refractivity contribution >= 4 is 17.5 Å². The molecule has 1 atom stereocenters. The Balaban J connectivity index is 1.98. The van der Waals surface area contributed by atoms with E-state index in [4.69, 9.17) is 0 Å². The maximum atomic E-state index is 12.6. The highest BCUT2D eigenvalue weighted by molar-refractivity contribution is 6.05. The molecule has 1 aromatic carbocycles. The quantitative estimate of drug-likeness (QED) is 0.659. The molecule has 0 fully saturated rings. The van der Waals surface area contributed by atoms with Gasteiger partial charge in [0.05, 0.1) is 11.9 Å². The van der Waals surface area contributed by atoms with Crippen molar-refractivity contribution in [1.82, 2.24) is 20.5 Å². The summed E-state index contributed by atoms with van der Waals surface area (Å²) in [6.07, 6.45) is 3.08. The number of anilines is 1. The van der Waals surface area contributed by atoms with Crippen LogP contribution >= 0.6 is 0 Å². The number of hydrogen-bond donors (Lipinski definition) is 3. The Morgan fingerprint density at radius 2 is 1.88 bits per heavy atom. The van der Waals surface area contributed by atoms with Gasteiger partial charge in [-0.1, -0.05) is 37.3 Å². The van der Waals surface area contributed by atoms with Gasteiger partial charge in [-0.2, -0.15) is 5.10 Å². The number of nitrogens with zero attached hydrogens (tertiary/aromatic N) is 2. The first kappa shape index (κ1) is 17.3. The molecular weight excluding hydrogens is 330 g/mol. The van der Waals surface area contributed by atoms with Gasteiger partial charge in [-0.15, -0.1) is 0 Å². The van der Waals surface area contributed by atoms with E-state index in [2.05, 4.69) is 25.8 Å². The van der Waals surface area contributed by atoms with Crippen molar-refractivity contribution in [2.24, 2.45) is 0 Å². The van der Waals surface area contributed by atoms with Crippen LogP contribution in [0.25, 0.3) is 0 Å². The molecule has 3 aromatic rings. The molecule has 26 heavy (non-hydrogen) atoms. The number of rotatable bonds is 5. The smallest absolute Gasteiger partial charge is 0.269 e. The summed E-state index contributed by atoms with van der Waals surface area (Å²) in [4.78, 5) is 29.1. The van der Waals surface area contributed by atoms with Crippen LogP contribution in [0.5, 0.6) is 0 Å². The Bertz CT molecular complexity index is 907. The Morgan fingerprint density at radius 1 is 1.12 bits per heavy atom. The summed E-state index contributed by atoms with van der Waals surface area (Å²) >= 11 is 0. The predicted molar refractivity (Wildman–Crippen MR) is 98.1 cm³/mol. The molecular formula is C19H19N5O2. The summed E-state index contributed by atoms with van der Waals surface area (Å²) in [7, 11) is 1.53. The van der Waals surface area contributed by atoms with E-state index in [0.29, 0.717) is 16.9 Å². The second kappa shape index (κ2) is 7.60. The van der Waals surface area contributed by atoms with E-state index in [0.717, 1.165) is 5.56 Å². The molecule has 2 aromatic heterocycles. The Hall–Kier alpha value is -3.48. The third kappa shape index (κ3) is 3.77. The van der Waals surface area contributed by atoms with Crippen LogP contribution in [-0.4, -0.2) is 34.0 Å². The Morgan fingerprint density at radius 3 is 2.54 bits per heavy atom. The van der Waals surface area contributed by atoms with Gasteiger partial charge in [0.25, 0.3) is 11.8 Å². The Labute approximate surface area is 150 Å².